The number of aromatic nitrogens is 4. The molecule has 12 nitrogen and oxygen atoms in total. The summed E-state index contributed by atoms with van der Waals surface area (Å²) in [5.74, 6) is 0.890. The summed E-state index contributed by atoms with van der Waals surface area (Å²) < 4.78 is 12.7. The van der Waals surface area contributed by atoms with E-state index in [0.717, 1.165) is 28.0 Å². The minimum Gasteiger partial charge on any atom is -0.497 e. The van der Waals surface area contributed by atoms with Gasteiger partial charge in [0.2, 0.25) is 11.8 Å². The molecule has 0 saturated carbocycles. The zero-order valence-corrected chi connectivity index (χ0v) is 24.6. The van der Waals surface area contributed by atoms with Gasteiger partial charge >= 0.3 is 0 Å². The van der Waals surface area contributed by atoms with Crippen LogP contribution < -0.4 is 14.8 Å². The first-order valence-electron chi connectivity index (χ1n) is 14.3. The van der Waals surface area contributed by atoms with E-state index in [-0.39, 0.29) is 30.9 Å². The van der Waals surface area contributed by atoms with Crippen molar-refractivity contribution in [2.45, 2.75) is 18.9 Å². The van der Waals surface area contributed by atoms with E-state index < -0.39 is 5.41 Å². The van der Waals surface area contributed by atoms with Gasteiger partial charge in [-0.15, -0.1) is 0 Å². The number of nitrogens with one attached hydrogen (secondary N) is 1. The molecule has 6 rings (SSSR count). The predicted octanol–water partition coefficient (Wildman–Crippen LogP) is 3.96. The van der Waals surface area contributed by atoms with E-state index in [2.05, 4.69) is 28.0 Å². The van der Waals surface area contributed by atoms with Crippen LogP contribution in [0.15, 0.2) is 67.6 Å². The molecule has 1 N–H and O–H groups in total. The van der Waals surface area contributed by atoms with Crippen molar-refractivity contribution in [1.82, 2.24) is 29.5 Å². The lowest BCUT2D eigenvalue weighted by atomic mass is 9.79. The number of carbonyl (C=O) groups is 2. The Morgan fingerprint density at radius 2 is 1.75 bits per heavy atom. The Labute approximate surface area is 254 Å². The van der Waals surface area contributed by atoms with Crippen LogP contribution in [0.1, 0.15) is 18.9 Å². The summed E-state index contributed by atoms with van der Waals surface area (Å²) in [6.07, 6.45) is 8.10. The first-order valence-corrected chi connectivity index (χ1v) is 14.3. The summed E-state index contributed by atoms with van der Waals surface area (Å²) in [4.78, 5) is 37.7. The highest BCUT2D eigenvalue weighted by Gasteiger charge is 2.53. The Balaban J connectivity index is 1.12. The first kappa shape index (κ1) is 28.7. The second-order valence-corrected chi connectivity index (χ2v) is 11.0. The molecule has 4 heterocycles. The molecule has 2 fully saturated rings. The number of rotatable bonds is 8. The molecule has 2 aromatic heterocycles. The highest BCUT2D eigenvalue weighted by atomic mass is 16.5. The number of nitrogens with zero attached hydrogens (tertiary/aromatic N) is 7. The lowest BCUT2D eigenvalue weighted by Crippen LogP contribution is -2.64. The Hall–Kier alpha value is -5.44. The number of nitriles is 1. The van der Waals surface area contributed by atoms with Crippen molar-refractivity contribution < 1.29 is 19.1 Å². The predicted molar refractivity (Wildman–Crippen MR) is 163 cm³/mol. The molecule has 0 unspecified atom stereocenters. The van der Waals surface area contributed by atoms with Crippen LogP contribution in [0.3, 0.4) is 0 Å². The van der Waals surface area contributed by atoms with Crippen molar-refractivity contribution in [1.29, 1.82) is 5.26 Å². The number of anilines is 2. The number of hydrogen-bond donors (Lipinski definition) is 1. The molecule has 2 aliphatic heterocycles. The molecular formula is C32H32N8O4. The van der Waals surface area contributed by atoms with Crippen LogP contribution in [0.2, 0.25) is 0 Å². The maximum Gasteiger partial charge on any atom is 0.246 e. The SMILES string of the molecule is C=CC(=O)N1CC(C#N)(C(=O)N2CCC(n3cc(-c4cnc5ccc(Nc6cc(OC)cc(OC)c6)cc5n4)cn3)CC2)C1. The maximum atomic E-state index is 13.2. The monoisotopic (exact) mass is 592 g/mol. The highest BCUT2D eigenvalue weighted by molar-refractivity contribution is 5.93. The van der Waals surface area contributed by atoms with Gasteiger partial charge in [0.15, 0.2) is 5.41 Å². The second-order valence-electron chi connectivity index (χ2n) is 11.0. The Kier molecular flexibility index (Phi) is 7.61. The van der Waals surface area contributed by atoms with Gasteiger partial charge in [0.1, 0.15) is 11.5 Å². The van der Waals surface area contributed by atoms with Crippen LogP contribution in [-0.2, 0) is 9.59 Å². The fourth-order valence-corrected chi connectivity index (χ4v) is 5.72. The largest absolute Gasteiger partial charge is 0.497 e. The van der Waals surface area contributed by atoms with Crippen molar-refractivity contribution >= 4 is 34.2 Å². The number of likely N-dealkylation sites (tertiary alicyclic amines) is 2. The van der Waals surface area contributed by atoms with Crippen LogP contribution in [0.4, 0.5) is 11.4 Å². The summed E-state index contributed by atoms with van der Waals surface area (Å²) >= 11 is 0. The van der Waals surface area contributed by atoms with Gasteiger partial charge < -0.3 is 24.6 Å². The minimum atomic E-state index is -1.17. The zero-order chi connectivity index (χ0) is 30.8. The number of carbonyl (C=O) groups excluding carboxylic acids is 2. The van der Waals surface area contributed by atoms with Crippen molar-refractivity contribution in [3.63, 3.8) is 0 Å². The van der Waals surface area contributed by atoms with Crippen LogP contribution in [0, 0.1) is 16.7 Å². The molecule has 0 bridgehead atoms. The van der Waals surface area contributed by atoms with E-state index in [1.165, 1.54) is 11.0 Å². The molecule has 44 heavy (non-hydrogen) atoms. The van der Waals surface area contributed by atoms with Crippen LogP contribution in [0.5, 0.6) is 11.5 Å². The van der Waals surface area contributed by atoms with Crippen LogP contribution >= 0.6 is 0 Å². The third kappa shape index (κ3) is 5.40. The molecule has 12 heteroatoms. The fraction of sp³-hybridized carbons (Fsp3) is 0.312. The highest BCUT2D eigenvalue weighted by Crippen LogP contribution is 2.35. The zero-order valence-electron chi connectivity index (χ0n) is 24.6. The normalized spacial score (nSPS) is 16.1. The number of piperidine rings is 1. The van der Waals surface area contributed by atoms with E-state index in [0.29, 0.717) is 43.1 Å². The van der Waals surface area contributed by atoms with Gasteiger partial charge in [-0.2, -0.15) is 10.4 Å². The van der Waals surface area contributed by atoms with Crippen molar-refractivity contribution in [2.24, 2.45) is 5.41 Å². The number of hydrogen-bond acceptors (Lipinski definition) is 9. The number of ether oxygens (including phenoxy) is 2. The van der Waals surface area contributed by atoms with Crippen molar-refractivity contribution in [2.75, 3.05) is 45.7 Å². The minimum absolute atomic E-state index is 0.107. The molecule has 0 atom stereocenters. The standard InChI is InChI=1S/C32H32N8O4/c1-4-30(41)39-19-32(18-33,20-39)31(42)38-9-7-24(8-10-38)40-17-21(15-35-40)29-16-34-27-6-5-22(13-28(27)37-29)36-23-11-25(43-2)14-26(12-23)44-3/h4-6,11-17,24,36H,1,7-10,19-20H2,2-3H3. The van der Waals surface area contributed by atoms with Crippen molar-refractivity contribution in [3.8, 4) is 28.8 Å². The van der Waals surface area contributed by atoms with E-state index in [4.69, 9.17) is 14.5 Å². The third-order valence-corrected chi connectivity index (χ3v) is 8.24. The summed E-state index contributed by atoms with van der Waals surface area (Å²) in [5, 5.41) is 17.7. The van der Waals surface area contributed by atoms with E-state index >= 15 is 0 Å². The quantitative estimate of drug-likeness (QED) is 0.301. The van der Waals surface area contributed by atoms with Crippen LogP contribution in [0.25, 0.3) is 22.3 Å². The fourth-order valence-electron chi connectivity index (χ4n) is 5.72. The van der Waals surface area contributed by atoms with Gasteiger partial charge in [0.25, 0.3) is 0 Å². The number of methoxy groups -OCH3 is 2. The van der Waals surface area contributed by atoms with Crippen LogP contribution in [-0.4, -0.2) is 81.8 Å². The molecule has 224 valence electrons. The Bertz CT molecular complexity index is 1760. The molecule has 2 aromatic carbocycles. The lowest BCUT2D eigenvalue weighted by Gasteiger charge is -2.46. The molecule has 4 aromatic rings. The van der Waals surface area contributed by atoms with E-state index in [9.17, 15) is 14.9 Å². The molecular weight excluding hydrogens is 560 g/mol. The van der Waals surface area contributed by atoms with E-state index in [1.807, 2.05) is 47.3 Å². The molecule has 2 amide bonds. The number of fused-ring (bicyclic) bond motifs is 1. The lowest BCUT2D eigenvalue weighted by molar-refractivity contribution is -0.153. The number of amides is 2. The maximum absolute atomic E-state index is 13.2. The van der Waals surface area contributed by atoms with Gasteiger partial charge in [-0.1, -0.05) is 6.58 Å². The summed E-state index contributed by atoms with van der Waals surface area (Å²) in [7, 11) is 3.23. The molecule has 2 aliphatic rings. The summed E-state index contributed by atoms with van der Waals surface area (Å²) in [5.41, 5.74) is 3.54. The molecule has 0 spiro atoms. The van der Waals surface area contributed by atoms with Gasteiger partial charge in [0, 0.05) is 54.4 Å². The van der Waals surface area contributed by atoms with Gasteiger partial charge in [-0.3, -0.25) is 19.3 Å². The smallest absolute Gasteiger partial charge is 0.246 e. The Morgan fingerprint density at radius 1 is 1.02 bits per heavy atom. The third-order valence-electron chi connectivity index (χ3n) is 8.24. The second kappa shape index (κ2) is 11.7. The average molecular weight is 593 g/mol. The van der Waals surface area contributed by atoms with Crippen molar-refractivity contribution in [3.05, 3.63) is 67.6 Å². The van der Waals surface area contributed by atoms with E-state index in [1.54, 1.807) is 31.5 Å². The molecule has 2 saturated heterocycles. The van der Waals surface area contributed by atoms with Gasteiger partial charge in [-0.25, -0.2) is 4.98 Å². The van der Waals surface area contributed by atoms with Gasteiger partial charge in [-0.05, 0) is 37.1 Å². The summed E-state index contributed by atoms with van der Waals surface area (Å²) in [6, 6.07) is 13.7. The number of benzene rings is 2. The summed E-state index contributed by atoms with van der Waals surface area (Å²) in [6.45, 7) is 4.72. The molecule has 0 radical (unpaired) electrons. The Morgan fingerprint density at radius 3 is 2.41 bits per heavy atom. The average Bonchev–Trinajstić information content (AvgIpc) is 3.54. The van der Waals surface area contributed by atoms with Gasteiger partial charge in [0.05, 0.1) is 68.5 Å². The first-order chi connectivity index (χ1) is 21.3. The topological polar surface area (TPSA) is 138 Å². The molecule has 0 aliphatic carbocycles.